The number of likely N-dealkylation sites (N-methyl/N-ethyl adjacent to an activating group) is 1. The van der Waals surface area contributed by atoms with Gasteiger partial charge in [0.1, 0.15) is 0 Å². The predicted octanol–water partition coefficient (Wildman–Crippen LogP) is 2.39. The molecule has 5 heteroatoms. The van der Waals surface area contributed by atoms with Gasteiger partial charge in [0.15, 0.2) is 0 Å². The molecule has 1 fully saturated rings. The second-order valence-corrected chi connectivity index (χ2v) is 7.27. The van der Waals surface area contributed by atoms with E-state index in [1.165, 1.54) is 5.56 Å². The van der Waals surface area contributed by atoms with Crippen LogP contribution in [0.25, 0.3) is 0 Å². The van der Waals surface area contributed by atoms with Crippen LogP contribution in [0.5, 0.6) is 0 Å². The second kappa shape index (κ2) is 7.48. The van der Waals surface area contributed by atoms with E-state index in [1.54, 1.807) is 0 Å². The van der Waals surface area contributed by atoms with Crippen molar-refractivity contribution in [2.24, 2.45) is 0 Å². The van der Waals surface area contributed by atoms with Crippen LogP contribution < -0.4 is 10.6 Å². The Balaban J connectivity index is 1.50. The summed E-state index contributed by atoms with van der Waals surface area (Å²) in [6.45, 7) is 4.43. The maximum atomic E-state index is 12.7. The maximum absolute atomic E-state index is 12.7. The molecule has 1 amide bonds. The fraction of sp³-hybridized carbons (Fsp3) is 0.381. The van der Waals surface area contributed by atoms with Crippen LogP contribution in [0.2, 0.25) is 0 Å². The predicted molar refractivity (Wildman–Crippen MR) is 105 cm³/mol. The molecule has 2 aliphatic rings. The zero-order valence-electron chi connectivity index (χ0n) is 15.2. The van der Waals surface area contributed by atoms with Crippen molar-refractivity contribution in [2.75, 3.05) is 45.1 Å². The highest BCUT2D eigenvalue weighted by Crippen LogP contribution is 2.34. The van der Waals surface area contributed by atoms with E-state index in [4.69, 9.17) is 0 Å². The van der Waals surface area contributed by atoms with Crippen LogP contribution in [0.15, 0.2) is 48.5 Å². The van der Waals surface area contributed by atoms with E-state index < -0.39 is 0 Å². The number of carbonyl (C=O) groups excluding carboxylic acids is 1. The summed E-state index contributed by atoms with van der Waals surface area (Å²) in [4.78, 5) is 17.3. The fourth-order valence-corrected chi connectivity index (χ4v) is 3.79. The normalized spacial score (nSPS) is 20.4. The van der Waals surface area contributed by atoms with Crippen molar-refractivity contribution < 1.29 is 4.79 Å². The monoisotopic (exact) mass is 350 g/mol. The Kier molecular flexibility index (Phi) is 4.91. The van der Waals surface area contributed by atoms with E-state index in [0.29, 0.717) is 6.54 Å². The quantitative estimate of drug-likeness (QED) is 0.892. The van der Waals surface area contributed by atoms with Crippen molar-refractivity contribution in [3.05, 3.63) is 59.7 Å². The molecule has 2 heterocycles. The number of carbonyl (C=O) groups is 1. The lowest BCUT2D eigenvalue weighted by Crippen LogP contribution is -2.48. The Morgan fingerprint density at radius 1 is 1.04 bits per heavy atom. The van der Waals surface area contributed by atoms with Crippen LogP contribution >= 0.6 is 0 Å². The van der Waals surface area contributed by atoms with E-state index in [9.17, 15) is 4.79 Å². The molecule has 0 spiro atoms. The lowest BCUT2D eigenvalue weighted by molar-refractivity contribution is -0.123. The highest BCUT2D eigenvalue weighted by molar-refractivity contribution is 5.79. The van der Waals surface area contributed by atoms with Crippen LogP contribution in [-0.2, 0) is 11.2 Å². The molecule has 2 aromatic carbocycles. The Hall–Kier alpha value is -2.37. The molecule has 0 radical (unpaired) electrons. The van der Waals surface area contributed by atoms with Gasteiger partial charge in [-0.25, -0.2) is 0 Å². The van der Waals surface area contributed by atoms with E-state index in [0.717, 1.165) is 49.5 Å². The van der Waals surface area contributed by atoms with E-state index in [1.807, 2.05) is 18.2 Å². The zero-order chi connectivity index (χ0) is 17.9. The van der Waals surface area contributed by atoms with E-state index in [2.05, 4.69) is 57.8 Å². The van der Waals surface area contributed by atoms with Gasteiger partial charge in [-0.05, 0) is 36.7 Å². The lowest BCUT2D eigenvalue weighted by Gasteiger charge is -2.32. The van der Waals surface area contributed by atoms with Gasteiger partial charge in [0.05, 0.1) is 12.6 Å². The van der Waals surface area contributed by atoms with E-state index in [-0.39, 0.29) is 11.9 Å². The van der Waals surface area contributed by atoms with E-state index >= 15 is 0 Å². The van der Waals surface area contributed by atoms with Gasteiger partial charge in [0, 0.05) is 37.6 Å². The molecule has 136 valence electrons. The Morgan fingerprint density at radius 3 is 2.54 bits per heavy atom. The number of nitrogens with one attached hydrogen (secondary N) is 2. The molecule has 2 aromatic rings. The molecule has 4 rings (SSSR count). The largest absolute Gasteiger partial charge is 0.355 e. The molecule has 26 heavy (non-hydrogen) atoms. The molecule has 0 saturated carbocycles. The molecule has 5 nitrogen and oxygen atoms in total. The number of anilines is 2. The number of hydrogen-bond acceptors (Lipinski definition) is 4. The summed E-state index contributed by atoms with van der Waals surface area (Å²) in [5.74, 6) is 0.105. The van der Waals surface area contributed by atoms with Crippen molar-refractivity contribution in [3.63, 3.8) is 0 Å². The third-order valence-corrected chi connectivity index (χ3v) is 5.35. The standard InChI is InChI=1S/C21H26N4O/c1-24-10-12-25(13-11-24)15-21(26)23-20-14-16-6-2-4-8-18(16)22-19-9-5-3-7-17(19)20/h2-9,20,22H,10-15H2,1H3,(H,23,26). The van der Waals surface area contributed by atoms with Crippen LogP contribution in [0, 0.1) is 0 Å². The van der Waals surface area contributed by atoms with Crippen molar-refractivity contribution in [2.45, 2.75) is 12.5 Å². The minimum Gasteiger partial charge on any atom is -0.355 e. The molecule has 0 aromatic heterocycles. The third kappa shape index (κ3) is 3.74. The molecule has 1 atom stereocenters. The molecule has 2 N–H and O–H groups in total. The molecule has 0 bridgehead atoms. The molecule has 1 saturated heterocycles. The number of amides is 1. The van der Waals surface area contributed by atoms with Crippen molar-refractivity contribution >= 4 is 17.3 Å². The first-order chi connectivity index (χ1) is 12.7. The van der Waals surface area contributed by atoms with Crippen LogP contribution in [0.4, 0.5) is 11.4 Å². The molecule has 2 aliphatic heterocycles. The lowest BCUT2D eigenvalue weighted by atomic mass is 9.99. The molecule has 1 unspecified atom stereocenters. The molecular formula is C21H26N4O. The van der Waals surface area contributed by atoms with Gasteiger partial charge in [0.25, 0.3) is 0 Å². The summed E-state index contributed by atoms with van der Waals surface area (Å²) >= 11 is 0. The van der Waals surface area contributed by atoms with Crippen molar-refractivity contribution in [1.82, 2.24) is 15.1 Å². The smallest absolute Gasteiger partial charge is 0.234 e. The van der Waals surface area contributed by atoms with Gasteiger partial charge in [-0.1, -0.05) is 36.4 Å². The van der Waals surface area contributed by atoms with Crippen molar-refractivity contribution in [3.8, 4) is 0 Å². The Bertz CT molecular complexity index is 783. The van der Waals surface area contributed by atoms with Gasteiger partial charge >= 0.3 is 0 Å². The van der Waals surface area contributed by atoms with Crippen LogP contribution in [-0.4, -0.2) is 55.5 Å². The molecule has 0 aliphatic carbocycles. The van der Waals surface area contributed by atoms with Gasteiger partial charge in [-0.2, -0.15) is 0 Å². The van der Waals surface area contributed by atoms with Crippen LogP contribution in [0.3, 0.4) is 0 Å². The van der Waals surface area contributed by atoms with Crippen LogP contribution in [0.1, 0.15) is 17.2 Å². The summed E-state index contributed by atoms with van der Waals surface area (Å²) in [5, 5.41) is 6.81. The number of hydrogen-bond donors (Lipinski definition) is 2. The van der Waals surface area contributed by atoms with Gasteiger partial charge in [-0.15, -0.1) is 0 Å². The average Bonchev–Trinajstić information content (AvgIpc) is 2.80. The summed E-state index contributed by atoms with van der Waals surface area (Å²) in [6, 6.07) is 16.6. The highest BCUT2D eigenvalue weighted by atomic mass is 16.2. The zero-order valence-corrected chi connectivity index (χ0v) is 15.2. The van der Waals surface area contributed by atoms with Crippen molar-refractivity contribution in [1.29, 1.82) is 0 Å². The summed E-state index contributed by atoms with van der Waals surface area (Å²) in [5.41, 5.74) is 4.57. The fourth-order valence-electron chi connectivity index (χ4n) is 3.79. The summed E-state index contributed by atoms with van der Waals surface area (Å²) < 4.78 is 0. The first-order valence-corrected chi connectivity index (χ1v) is 9.33. The first kappa shape index (κ1) is 17.1. The summed E-state index contributed by atoms with van der Waals surface area (Å²) in [7, 11) is 2.13. The number of fused-ring (bicyclic) bond motifs is 2. The SMILES string of the molecule is CN1CCN(CC(=O)NC2Cc3ccccc3Nc3ccccc32)CC1. The van der Waals surface area contributed by atoms with Gasteiger partial charge in [0.2, 0.25) is 5.91 Å². The minimum absolute atomic E-state index is 0.0117. The number of para-hydroxylation sites is 2. The third-order valence-electron chi connectivity index (χ3n) is 5.35. The number of piperazine rings is 1. The number of rotatable bonds is 3. The first-order valence-electron chi connectivity index (χ1n) is 9.33. The minimum atomic E-state index is -0.0117. The van der Waals surface area contributed by atoms with Gasteiger partial charge in [-0.3, -0.25) is 9.69 Å². The second-order valence-electron chi connectivity index (χ2n) is 7.27. The number of nitrogens with zero attached hydrogens (tertiary/aromatic N) is 2. The number of benzene rings is 2. The summed E-state index contributed by atoms with van der Waals surface area (Å²) in [6.07, 6.45) is 0.800. The Morgan fingerprint density at radius 2 is 1.73 bits per heavy atom. The molecular weight excluding hydrogens is 324 g/mol. The van der Waals surface area contributed by atoms with Gasteiger partial charge < -0.3 is 15.5 Å². The Labute approximate surface area is 155 Å². The maximum Gasteiger partial charge on any atom is 0.234 e. The topological polar surface area (TPSA) is 47.6 Å². The average molecular weight is 350 g/mol. The highest BCUT2D eigenvalue weighted by Gasteiger charge is 2.24.